The average molecular weight is 372 g/mol. The molecule has 0 bridgehead atoms. The molecule has 0 N–H and O–H groups in total. The summed E-state index contributed by atoms with van der Waals surface area (Å²) in [7, 11) is 1.63. The molecular formula is C19H15ClFN3O2. The molecule has 0 aliphatic carbocycles. The molecule has 1 amide bonds. The predicted octanol–water partition coefficient (Wildman–Crippen LogP) is 4.20. The summed E-state index contributed by atoms with van der Waals surface area (Å²) in [6.45, 7) is 0.174. The van der Waals surface area contributed by atoms with Gasteiger partial charge in [0.05, 0.1) is 6.54 Å². The molecule has 0 atom stereocenters. The summed E-state index contributed by atoms with van der Waals surface area (Å²) in [6.07, 6.45) is 3.02. The maximum Gasteiger partial charge on any atom is 0.246 e. The lowest BCUT2D eigenvalue weighted by molar-refractivity contribution is -0.125. The topological polar surface area (TPSA) is 59.2 Å². The zero-order chi connectivity index (χ0) is 18.5. The molecule has 1 heterocycles. The number of halogens is 2. The van der Waals surface area contributed by atoms with E-state index >= 15 is 0 Å². The lowest BCUT2D eigenvalue weighted by Crippen LogP contribution is -2.24. The van der Waals surface area contributed by atoms with Crippen molar-refractivity contribution in [1.82, 2.24) is 15.0 Å². The number of benzene rings is 2. The Labute approximate surface area is 154 Å². The molecule has 26 heavy (non-hydrogen) atoms. The quantitative estimate of drug-likeness (QED) is 0.631. The molecule has 0 spiro atoms. The molecule has 0 unspecified atom stereocenters. The van der Waals surface area contributed by atoms with Crippen LogP contribution in [0.3, 0.4) is 0 Å². The molecule has 7 heteroatoms. The smallest absolute Gasteiger partial charge is 0.246 e. The third-order valence-corrected chi connectivity index (χ3v) is 3.86. The van der Waals surface area contributed by atoms with E-state index in [1.807, 2.05) is 0 Å². The van der Waals surface area contributed by atoms with Crippen molar-refractivity contribution < 1.29 is 13.7 Å². The van der Waals surface area contributed by atoms with Crippen molar-refractivity contribution in [2.24, 2.45) is 0 Å². The van der Waals surface area contributed by atoms with Gasteiger partial charge in [-0.05, 0) is 48.0 Å². The SMILES string of the molecule is CN(Cc1nc(-c2ccc(Cl)cc2)no1)C(=O)/C=C/c1ccc(F)cc1. The normalized spacial score (nSPS) is 11.0. The van der Waals surface area contributed by atoms with Crippen LogP contribution in [0.5, 0.6) is 0 Å². The fraction of sp³-hybridized carbons (Fsp3) is 0.105. The van der Waals surface area contributed by atoms with Crippen LogP contribution in [0, 0.1) is 5.82 Å². The van der Waals surface area contributed by atoms with Crippen LogP contribution in [0.4, 0.5) is 4.39 Å². The maximum absolute atomic E-state index is 12.9. The van der Waals surface area contributed by atoms with Crippen molar-refractivity contribution in [3.63, 3.8) is 0 Å². The largest absolute Gasteiger partial charge is 0.337 e. The van der Waals surface area contributed by atoms with Crippen LogP contribution in [0.15, 0.2) is 59.1 Å². The third-order valence-electron chi connectivity index (χ3n) is 3.61. The summed E-state index contributed by atoms with van der Waals surface area (Å²) >= 11 is 5.86. The van der Waals surface area contributed by atoms with E-state index in [-0.39, 0.29) is 18.3 Å². The summed E-state index contributed by atoms with van der Waals surface area (Å²) in [6, 6.07) is 12.9. The molecule has 0 saturated carbocycles. The Balaban J connectivity index is 1.62. The van der Waals surface area contributed by atoms with Crippen molar-refractivity contribution in [3.05, 3.63) is 76.9 Å². The second-order valence-electron chi connectivity index (χ2n) is 5.60. The van der Waals surface area contributed by atoms with Gasteiger partial charge in [0.15, 0.2) is 0 Å². The third kappa shape index (κ3) is 4.55. The number of amides is 1. The number of aromatic nitrogens is 2. The van der Waals surface area contributed by atoms with Gasteiger partial charge in [-0.25, -0.2) is 4.39 Å². The Bertz CT molecular complexity index is 921. The first-order chi connectivity index (χ1) is 12.5. The summed E-state index contributed by atoms with van der Waals surface area (Å²) < 4.78 is 18.1. The zero-order valence-corrected chi connectivity index (χ0v) is 14.7. The Morgan fingerprint density at radius 1 is 1.19 bits per heavy atom. The highest BCUT2D eigenvalue weighted by Crippen LogP contribution is 2.19. The monoisotopic (exact) mass is 371 g/mol. The van der Waals surface area contributed by atoms with Crippen molar-refractivity contribution in [3.8, 4) is 11.4 Å². The fourth-order valence-electron chi connectivity index (χ4n) is 2.18. The van der Waals surface area contributed by atoms with E-state index in [0.29, 0.717) is 16.7 Å². The van der Waals surface area contributed by atoms with Crippen molar-refractivity contribution in [1.29, 1.82) is 0 Å². The summed E-state index contributed by atoms with van der Waals surface area (Å²) in [5.41, 5.74) is 1.51. The highest BCUT2D eigenvalue weighted by atomic mass is 35.5. The van der Waals surface area contributed by atoms with Crippen LogP contribution < -0.4 is 0 Å². The molecule has 0 aliphatic heterocycles. The van der Waals surface area contributed by atoms with Gasteiger partial charge >= 0.3 is 0 Å². The highest BCUT2D eigenvalue weighted by Gasteiger charge is 2.13. The van der Waals surface area contributed by atoms with Crippen molar-refractivity contribution in [2.45, 2.75) is 6.54 Å². The number of likely N-dealkylation sites (N-methyl/N-ethyl adjacent to an activating group) is 1. The molecule has 3 rings (SSSR count). The zero-order valence-electron chi connectivity index (χ0n) is 13.9. The fourth-order valence-corrected chi connectivity index (χ4v) is 2.31. The molecule has 2 aromatic carbocycles. The van der Waals surface area contributed by atoms with E-state index < -0.39 is 0 Å². The average Bonchev–Trinajstić information content (AvgIpc) is 3.10. The molecule has 132 valence electrons. The van der Waals surface area contributed by atoms with Crippen molar-refractivity contribution in [2.75, 3.05) is 7.05 Å². The number of carbonyl (C=O) groups is 1. The van der Waals surface area contributed by atoms with Crippen LogP contribution in [0.25, 0.3) is 17.5 Å². The van der Waals surface area contributed by atoms with Gasteiger partial charge in [0.25, 0.3) is 0 Å². The van der Waals surface area contributed by atoms with Gasteiger partial charge in [-0.15, -0.1) is 0 Å². The summed E-state index contributed by atoms with van der Waals surface area (Å²) in [4.78, 5) is 17.9. The first kappa shape index (κ1) is 17.8. The Kier molecular flexibility index (Phi) is 5.43. The van der Waals surface area contributed by atoms with Gasteiger partial charge < -0.3 is 9.42 Å². The molecule has 1 aromatic heterocycles. The lowest BCUT2D eigenvalue weighted by Gasteiger charge is -2.11. The van der Waals surface area contributed by atoms with E-state index in [1.54, 1.807) is 49.5 Å². The maximum atomic E-state index is 12.9. The van der Waals surface area contributed by atoms with E-state index in [1.165, 1.54) is 23.1 Å². The molecule has 3 aromatic rings. The van der Waals surface area contributed by atoms with Gasteiger partial charge in [0, 0.05) is 23.7 Å². The second kappa shape index (κ2) is 7.93. The van der Waals surface area contributed by atoms with Gasteiger partial charge in [-0.2, -0.15) is 4.98 Å². The number of hydrogen-bond donors (Lipinski definition) is 0. The Morgan fingerprint density at radius 3 is 2.58 bits per heavy atom. The van der Waals surface area contributed by atoms with Crippen LogP contribution in [0.1, 0.15) is 11.5 Å². The minimum atomic E-state index is -0.321. The number of rotatable bonds is 5. The first-order valence-electron chi connectivity index (χ1n) is 7.78. The molecule has 0 radical (unpaired) electrons. The number of hydrogen-bond acceptors (Lipinski definition) is 4. The van der Waals surface area contributed by atoms with E-state index in [0.717, 1.165) is 11.1 Å². The summed E-state index contributed by atoms with van der Waals surface area (Å²) in [5.74, 6) is 0.194. The molecular weight excluding hydrogens is 357 g/mol. The lowest BCUT2D eigenvalue weighted by atomic mass is 10.2. The first-order valence-corrected chi connectivity index (χ1v) is 8.16. The van der Waals surface area contributed by atoms with Crippen LogP contribution in [-0.2, 0) is 11.3 Å². The predicted molar refractivity (Wildman–Crippen MR) is 96.7 cm³/mol. The van der Waals surface area contributed by atoms with Gasteiger partial charge in [-0.1, -0.05) is 28.9 Å². The summed E-state index contributed by atoms with van der Waals surface area (Å²) in [5, 5.41) is 4.53. The van der Waals surface area contributed by atoms with Crippen LogP contribution >= 0.6 is 11.6 Å². The van der Waals surface area contributed by atoms with Crippen LogP contribution in [-0.4, -0.2) is 28.0 Å². The minimum Gasteiger partial charge on any atom is -0.337 e. The molecule has 0 saturated heterocycles. The standard InChI is InChI=1S/C19H15ClFN3O2/c1-24(18(25)11-4-13-2-9-16(21)10-3-13)12-17-22-19(23-26-17)14-5-7-15(20)8-6-14/h2-11H,12H2,1H3/b11-4+. The molecule has 0 aliphatic rings. The minimum absolute atomic E-state index is 0.174. The highest BCUT2D eigenvalue weighted by molar-refractivity contribution is 6.30. The molecule has 0 fully saturated rings. The van der Waals surface area contributed by atoms with E-state index in [9.17, 15) is 9.18 Å². The van der Waals surface area contributed by atoms with Gasteiger partial charge in [0.1, 0.15) is 5.82 Å². The van der Waals surface area contributed by atoms with E-state index in [2.05, 4.69) is 10.1 Å². The number of carbonyl (C=O) groups excluding carboxylic acids is 1. The number of nitrogens with zero attached hydrogens (tertiary/aromatic N) is 3. The van der Waals surface area contributed by atoms with Crippen LogP contribution in [0.2, 0.25) is 5.02 Å². The van der Waals surface area contributed by atoms with Crippen molar-refractivity contribution >= 4 is 23.6 Å². The second-order valence-corrected chi connectivity index (χ2v) is 6.03. The van der Waals surface area contributed by atoms with Gasteiger partial charge in [-0.3, -0.25) is 4.79 Å². The molecule has 5 nitrogen and oxygen atoms in total. The van der Waals surface area contributed by atoms with E-state index in [4.69, 9.17) is 16.1 Å². The van der Waals surface area contributed by atoms with Gasteiger partial charge in [0.2, 0.25) is 17.6 Å². The Hall–Kier alpha value is -2.99. The Morgan fingerprint density at radius 2 is 1.88 bits per heavy atom.